The lowest BCUT2D eigenvalue weighted by Gasteiger charge is -2.02. The fourth-order valence-electron chi connectivity index (χ4n) is 2.37. The Bertz CT molecular complexity index is 818. The summed E-state index contributed by atoms with van der Waals surface area (Å²) in [6, 6.07) is 13.4. The summed E-state index contributed by atoms with van der Waals surface area (Å²) in [6.45, 7) is 0.528. The highest BCUT2D eigenvalue weighted by molar-refractivity contribution is 5.91. The summed E-state index contributed by atoms with van der Waals surface area (Å²) in [5.41, 5.74) is 1.80. The Morgan fingerprint density at radius 2 is 2.08 bits per heavy atom. The van der Waals surface area contributed by atoms with Crippen molar-refractivity contribution in [3.8, 4) is 11.5 Å². The maximum atomic E-state index is 11.8. The van der Waals surface area contributed by atoms with E-state index >= 15 is 0 Å². The van der Waals surface area contributed by atoms with Crippen LogP contribution in [0.25, 0.3) is 17.5 Å². The molecule has 24 heavy (non-hydrogen) atoms. The molecule has 5 nitrogen and oxygen atoms in total. The van der Waals surface area contributed by atoms with Gasteiger partial charge in [-0.3, -0.25) is 4.79 Å². The zero-order valence-electron chi connectivity index (χ0n) is 13.5. The number of aromatic nitrogens is 2. The molecular formula is C19H19N3O2. The molecule has 5 heteroatoms. The van der Waals surface area contributed by atoms with E-state index in [9.17, 15) is 4.79 Å². The number of rotatable bonds is 6. The van der Waals surface area contributed by atoms with Crippen LogP contribution in [0.15, 0.2) is 65.4 Å². The molecule has 0 aliphatic heterocycles. The van der Waals surface area contributed by atoms with E-state index in [1.54, 1.807) is 18.4 Å². The Labute approximate surface area is 140 Å². The minimum atomic E-state index is -0.112. The molecule has 122 valence electrons. The second-order valence-electron chi connectivity index (χ2n) is 5.42. The van der Waals surface area contributed by atoms with E-state index in [-0.39, 0.29) is 5.91 Å². The molecule has 0 atom stereocenters. The largest absolute Gasteiger partial charge is 0.463 e. The van der Waals surface area contributed by atoms with E-state index < -0.39 is 0 Å². The summed E-state index contributed by atoms with van der Waals surface area (Å²) in [7, 11) is 1.94. The number of amides is 1. The molecule has 2 heterocycles. The van der Waals surface area contributed by atoms with Crippen LogP contribution in [0.3, 0.4) is 0 Å². The summed E-state index contributed by atoms with van der Waals surface area (Å²) in [5.74, 6) is 1.53. The van der Waals surface area contributed by atoms with E-state index in [0.29, 0.717) is 13.0 Å². The summed E-state index contributed by atoms with van der Waals surface area (Å²) in [5, 5.41) is 2.87. The Kier molecular flexibility index (Phi) is 4.91. The van der Waals surface area contributed by atoms with E-state index in [2.05, 4.69) is 10.3 Å². The first-order valence-corrected chi connectivity index (χ1v) is 7.79. The third-order valence-corrected chi connectivity index (χ3v) is 3.62. The maximum absolute atomic E-state index is 11.8. The van der Waals surface area contributed by atoms with E-state index in [4.69, 9.17) is 4.42 Å². The predicted octanol–water partition coefficient (Wildman–Crippen LogP) is 3.05. The number of hydrogen-bond acceptors (Lipinski definition) is 3. The fourth-order valence-corrected chi connectivity index (χ4v) is 2.37. The molecule has 1 amide bonds. The van der Waals surface area contributed by atoms with Crippen molar-refractivity contribution < 1.29 is 9.21 Å². The van der Waals surface area contributed by atoms with Crippen molar-refractivity contribution in [3.05, 3.63) is 72.4 Å². The number of nitrogens with zero attached hydrogens (tertiary/aromatic N) is 2. The molecule has 0 unspecified atom stereocenters. The smallest absolute Gasteiger partial charge is 0.244 e. The van der Waals surface area contributed by atoms with Gasteiger partial charge in [0.2, 0.25) is 5.91 Å². The first kappa shape index (κ1) is 15.8. The number of benzene rings is 1. The molecule has 0 fully saturated rings. The molecule has 0 saturated heterocycles. The summed E-state index contributed by atoms with van der Waals surface area (Å²) in [6.07, 6.45) is 7.55. The van der Waals surface area contributed by atoms with Gasteiger partial charge in [-0.15, -0.1) is 0 Å². The monoisotopic (exact) mass is 321 g/mol. The average molecular weight is 321 g/mol. The Morgan fingerprint density at radius 1 is 1.25 bits per heavy atom. The fraction of sp³-hybridized carbons (Fsp3) is 0.158. The van der Waals surface area contributed by atoms with Crippen LogP contribution in [0.2, 0.25) is 0 Å². The normalized spacial score (nSPS) is 11.0. The number of carbonyl (C=O) groups is 1. The van der Waals surface area contributed by atoms with E-state index in [1.165, 1.54) is 0 Å². The predicted molar refractivity (Wildman–Crippen MR) is 93.1 cm³/mol. The van der Waals surface area contributed by atoms with Crippen molar-refractivity contribution in [3.63, 3.8) is 0 Å². The van der Waals surface area contributed by atoms with Crippen LogP contribution >= 0.6 is 0 Å². The SMILES string of the molecule is Cn1cc(-c2ccco2)nc1CCNC(=O)/C=C/c1ccccc1. The molecule has 0 radical (unpaired) electrons. The van der Waals surface area contributed by atoms with Crippen molar-refractivity contribution in [1.82, 2.24) is 14.9 Å². The van der Waals surface area contributed by atoms with Crippen LogP contribution in [0.4, 0.5) is 0 Å². The highest BCUT2D eigenvalue weighted by atomic mass is 16.3. The number of nitrogens with one attached hydrogen (secondary N) is 1. The van der Waals surface area contributed by atoms with Gasteiger partial charge in [0, 0.05) is 32.3 Å². The first-order valence-electron chi connectivity index (χ1n) is 7.79. The third kappa shape index (κ3) is 4.01. The lowest BCUT2D eigenvalue weighted by Crippen LogP contribution is -2.24. The third-order valence-electron chi connectivity index (χ3n) is 3.62. The van der Waals surface area contributed by atoms with Crippen molar-refractivity contribution in [2.45, 2.75) is 6.42 Å². The van der Waals surface area contributed by atoms with Crippen LogP contribution in [0.1, 0.15) is 11.4 Å². The van der Waals surface area contributed by atoms with Crippen LogP contribution < -0.4 is 5.32 Å². The number of aryl methyl sites for hydroxylation is 1. The Morgan fingerprint density at radius 3 is 2.83 bits per heavy atom. The molecule has 0 spiro atoms. The van der Waals surface area contributed by atoms with Crippen molar-refractivity contribution >= 4 is 12.0 Å². The van der Waals surface area contributed by atoms with Crippen LogP contribution in [0, 0.1) is 0 Å². The van der Waals surface area contributed by atoms with Gasteiger partial charge in [-0.1, -0.05) is 30.3 Å². The van der Waals surface area contributed by atoms with Crippen LogP contribution in [0.5, 0.6) is 0 Å². The van der Waals surface area contributed by atoms with Crippen LogP contribution in [-0.4, -0.2) is 22.0 Å². The molecule has 3 aromatic rings. The van der Waals surface area contributed by atoms with Gasteiger partial charge >= 0.3 is 0 Å². The van der Waals surface area contributed by atoms with Crippen LogP contribution in [-0.2, 0) is 18.3 Å². The Balaban J connectivity index is 1.51. The molecule has 1 aromatic carbocycles. The Hall–Kier alpha value is -3.08. The number of carbonyl (C=O) groups excluding carboxylic acids is 1. The van der Waals surface area contributed by atoms with Crippen molar-refractivity contribution in [2.24, 2.45) is 7.05 Å². The number of imidazole rings is 1. The highest BCUT2D eigenvalue weighted by Gasteiger charge is 2.09. The van der Waals surface area contributed by atoms with Gasteiger partial charge in [0.25, 0.3) is 0 Å². The number of hydrogen-bond donors (Lipinski definition) is 1. The quantitative estimate of drug-likeness (QED) is 0.710. The lowest BCUT2D eigenvalue weighted by molar-refractivity contribution is -0.116. The molecule has 0 bridgehead atoms. The molecule has 0 aliphatic rings. The minimum Gasteiger partial charge on any atom is -0.463 e. The standard InChI is InChI=1S/C19H19N3O2/c1-22-14-16(17-8-5-13-24-17)21-18(22)11-12-20-19(23)10-9-15-6-3-2-4-7-15/h2-10,13-14H,11-12H2,1H3,(H,20,23)/b10-9+. The van der Waals surface area contributed by atoms with E-state index in [1.807, 2.05) is 60.3 Å². The maximum Gasteiger partial charge on any atom is 0.244 e. The van der Waals surface area contributed by atoms with Gasteiger partial charge < -0.3 is 14.3 Å². The summed E-state index contributed by atoms with van der Waals surface area (Å²) >= 11 is 0. The second kappa shape index (κ2) is 7.46. The van der Waals surface area contributed by atoms with Crippen molar-refractivity contribution in [2.75, 3.05) is 6.54 Å². The van der Waals surface area contributed by atoms with Gasteiger partial charge in [-0.05, 0) is 23.8 Å². The van der Waals surface area contributed by atoms with E-state index in [0.717, 1.165) is 22.8 Å². The van der Waals surface area contributed by atoms with Gasteiger partial charge in [-0.25, -0.2) is 4.98 Å². The van der Waals surface area contributed by atoms with Gasteiger partial charge in [0.15, 0.2) is 5.76 Å². The minimum absolute atomic E-state index is 0.112. The highest BCUT2D eigenvalue weighted by Crippen LogP contribution is 2.18. The topological polar surface area (TPSA) is 60.1 Å². The lowest BCUT2D eigenvalue weighted by atomic mass is 10.2. The van der Waals surface area contributed by atoms with Gasteiger partial charge in [0.1, 0.15) is 11.5 Å². The molecule has 0 saturated carbocycles. The second-order valence-corrected chi connectivity index (χ2v) is 5.42. The zero-order valence-corrected chi connectivity index (χ0v) is 13.5. The first-order chi connectivity index (χ1) is 11.7. The van der Waals surface area contributed by atoms with Crippen molar-refractivity contribution in [1.29, 1.82) is 0 Å². The average Bonchev–Trinajstić information content (AvgIpc) is 3.24. The molecule has 1 N–H and O–H groups in total. The zero-order chi connectivity index (χ0) is 16.8. The molecular weight excluding hydrogens is 302 g/mol. The molecule has 0 aliphatic carbocycles. The molecule has 2 aromatic heterocycles. The summed E-state index contributed by atoms with van der Waals surface area (Å²) < 4.78 is 7.30. The van der Waals surface area contributed by atoms with Gasteiger partial charge in [0.05, 0.1) is 6.26 Å². The van der Waals surface area contributed by atoms with Gasteiger partial charge in [-0.2, -0.15) is 0 Å². The summed E-state index contributed by atoms with van der Waals surface area (Å²) in [4.78, 5) is 16.4. The molecule has 3 rings (SSSR count). The number of furan rings is 1.